The second-order valence-corrected chi connectivity index (χ2v) is 3.23. The maximum atomic E-state index is 9.57. The van der Waals surface area contributed by atoms with Crippen LogP contribution in [0.1, 0.15) is 27.7 Å². The minimum Gasteiger partial charge on any atom is -0.480 e. The highest BCUT2D eigenvalue weighted by molar-refractivity contribution is 6.29. The van der Waals surface area contributed by atoms with Gasteiger partial charge in [-0.3, -0.25) is 4.79 Å². The molecule has 0 saturated carbocycles. The number of carboxylic acid groups (broad SMARTS) is 1. The molecule has 80 valence electrons. The Morgan fingerprint density at radius 1 is 1.31 bits per heavy atom. The molecule has 0 bridgehead atoms. The molecule has 4 heteroatoms. The maximum Gasteiger partial charge on any atom is 0.321 e. The van der Waals surface area contributed by atoms with E-state index in [2.05, 4.69) is 25.7 Å². The minimum absolute atomic E-state index is 0.759. The van der Waals surface area contributed by atoms with Crippen LogP contribution in [0, 0.1) is 0 Å². The number of halogens is 1. The van der Waals surface area contributed by atoms with Gasteiger partial charge in [-0.15, -0.1) is 11.6 Å². The summed E-state index contributed by atoms with van der Waals surface area (Å²) in [6.07, 6.45) is 0. The van der Waals surface area contributed by atoms with Crippen molar-refractivity contribution in [1.82, 2.24) is 4.90 Å². The van der Waals surface area contributed by atoms with Gasteiger partial charge in [0.2, 0.25) is 0 Å². The molecule has 0 heterocycles. The lowest BCUT2D eigenvalue weighted by atomic mass is 10.5. The molecule has 1 N–H and O–H groups in total. The third kappa shape index (κ3) is 11.7. The van der Waals surface area contributed by atoms with Crippen molar-refractivity contribution in [3.63, 3.8) is 0 Å². The Balaban J connectivity index is 0. The number of carboxylic acids is 1. The van der Waals surface area contributed by atoms with E-state index in [1.807, 2.05) is 0 Å². The summed E-state index contributed by atoms with van der Waals surface area (Å²) in [6, 6.07) is 0. The van der Waals surface area contributed by atoms with Gasteiger partial charge >= 0.3 is 5.97 Å². The molecule has 0 rings (SSSR count). The van der Waals surface area contributed by atoms with Crippen LogP contribution < -0.4 is 0 Å². The van der Waals surface area contributed by atoms with Crippen molar-refractivity contribution < 1.29 is 9.90 Å². The van der Waals surface area contributed by atoms with Crippen LogP contribution in [0.3, 0.4) is 0 Å². The zero-order chi connectivity index (χ0) is 10.9. The molecule has 0 aliphatic carbocycles. The highest BCUT2D eigenvalue weighted by Gasteiger charge is 2.02. The molecule has 0 aromatic heterocycles. The summed E-state index contributed by atoms with van der Waals surface area (Å²) in [5.41, 5.74) is 0. The lowest BCUT2D eigenvalue weighted by molar-refractivity contribution is -0.136. The van der Waals surface area contributed by atoms with Gasteiger partial charge in [-0.05, 0) is 26.6 Å². The van der Waals surface area contributed by atoms with Crippen molar-refractivity contribution >= 4 is 17.6 Å². The third-order valence-electron chi connectivity index (χ3n) is 1.68. The number of nitrogens with zero attached hydrogens (tertiary/aromatic N) is 1. The molecular formula is C9H20ClNO2. The second kappa shape index (κ2) is 9.81. The fraction of sp³-hybridized carbons (Fsp3) is 0.889. The van der Waals surface area contributed by atoms with E-state index >= 15 is 0 Å². The number of rotatable bonds is 4. The van der Waals surface area contributed by atoms with Gasteiger partial charge in [0.05, 0.1) is 0 Å². The van der Waals surface area contributed by atoms with Crippen LogP contribution in [0.25, 0.3) is 0 Å². The molecule has 3 nitrogen and oxygen atoms in total. The summed E-state index contributed by atoms with van der Waals surface area (Å²) in [5.74, 6) is -0.975. The van der Waals surface area contributed by atoms with Gasteiger partial charge in [0, 0.05) is 0 Å². The van der Waals surface area contributed by atoms with E-state index in [4.69, 9.17) is 16.7 Å². The van der Waals surface area contributed by atoms with E-state index in [0.717, 1.165) is 0 Å². The molecule has 1 unspecified atom stereocenters. The first-order valence-electron chi connectivity index (χ1n) is 4.58. The van der Waals surface area contributed by atoms with E-state index in [0.29, 0.717) is 0 Å². The number of aliphatic carboxylic acids is 1. The molecule has 0 aliphatic rings. The van der Waals surface area contributed by atoms with Gasteiger partial charge < -0.3 is 10.0 Å². The molecule has 0 aromatic rings. The van der Waals surface area contributed by atoms with Gasteiger partial charge in [-0.1, -0.05) is 20.8 Å². The number of hydrogen-bond donors (Lipinski definition) is 1. The van der Waals surface area contributed by atoms with Crippen LogP contribution in [0.4, 0.5) is 0 Å². The molecule has 0 saturated heterocycles. The Kier molecular flexibility index (Phi) is 11.5. The monoisotopic (exact) mass is 209 g/mol. The fourth-order valence-electron chi connectivity index (χ4n) is 0.671. The van der Waals surface area contributed by atoms with Crippen LogP contribution in [0.5, 0.6) is 0 Å². The average Bonchev–Trinajstić information content (AvgIpc) is 2.08. The summed E-state index contributed by atoms with van der Waals surface area (Å²) in [7, 11) is 0. The highest BCUT2D eigenvalue weighted by atomic mass is 35.5. The number of hydrogen-bond acceptors (Lipinski definition) is 2. The first-order valence-corrected chi connectivity index (χ1v) is 5.02. The van der Waals surface area contributed by atoms with Gasteiger partial charge in [0.15, 0.2) is 0 Å². The molecule has 0 radical (unpaired) electrons. The molecule has 13 heavy (non-hydrogen) atoms. The molecule has 1 atom stereocenters. The minimum atomic E-state index is -0.975. The standard InChI is InChI=1S/C6H15N.C3H5ClO2/c1-4-7(5-2)6-3;1-2(4)3(5)6/h4-6H2,1-3H3;2H,1H3,(H,5,6). The van der Waals surface area contributed by atoms with Gasteiger partial charge in [-0.25, -0.2) is 0 Å². The molecular weight excluding hydrogens is 190 g/mol. The van der Waals surface area contributed by atoms with Crippen LogP contribution >= 0.6 is 11.6 Å². The average molecular weight is 210 g/mol. The Morgan fingerprint density at radius 2 is 1.54 bits per heavy atom. The van der Waals surface area contributed by atoms with E-state index < -0.39 is 11.3 Å². The first-order chi connectivity index (χ1) is 5.99. The van der Waals surface area contributed by atoms with Crippen molar-refractivity contribution in [2.75, 3.05) is 19.6 Å². The lowest BCUT2D eigenvalue weighted by Gasteiger charge is -2.13. The largest absolute Gasteiger partial charge is 0.480 e. The normalized spacial score (nSPS) is 11.8. The van der Waals surface area contributed by atoms with Gasteiger partial charge in [0.25, 0.3) is 0 Å². The van der Waals surface area contributed by atoms with Crippen molar-refractivity contribution in [3.8, 4) is 0 Å². The van der Waals surface area contributed by atoms with E-state index in [-0.39, 0.29) is 0 Å². The third-order valence-corrected chi connectivity index (χ3v) is 1.87. The van der Waals surface area contributed by atoms with Gasteiger partial charge in [0.1, 0.15) is 5.38 Å². The molecule has 0 fully saturated rings. The van der Waals surface area contributed by atoms with E-state index in [1.165, 1.54) is 26.6 Å². The first kappa shape index (κ1) is 15.2. The quantitative estimate of drug-likeness (QED) is 0.721. The Bertz CT molecular complexity index is 119. The molecule has 0 spiro atoms. The Morgan fingerprint density at radius 3 is 1.54 bits per heavy atom. The molecule has 0 aromatic carbocycles. The number of alkyl halides is 1. The lowest BCUT2D eigenvalue weighted by Crippen LogP contribution is -2.21. The second-order valence-electron chi connectivity index (χ2n) is 2.57. The smallest absolute Gasteiger partial charge is 0.321 e. The summed E-state index contributed by atoms with van der Waals surface area (Å²) >= 11 is 5.01. The highest BCUT2D eigenvalue weighted by Crippen LogP contribution is 1.89. The van der Waals surface area contributed by atoms with Crippen LogP contribution in [0.15, 0.2) is 0 Å². The summed E-state index contributed by atoms with van der Waals surface area (Å²) in [6.45, 7) is 11.5. The summed E-state index contributed by atoms with van der Waals surface area (Å²) in [5, 5.41) is 7.10. The maximum absolute atomic E-state index is 9.57. The predicted molar refractivity (Wildman–Crippen MR) is 56.4 cm³/mol. The van der Waals surface area contributed by atoms with Crippen molar-refractivity contribution in [2.24, 2.45) is 0 Å². The Hall–Kier alpha value is -0.280. The predicted octanol–water partition coefficient (Wildman–Crippen LogP) is 2.05. The van der Waals surface area contributed by atoms with E-state index in [9.17, 15) is 4.79 Å². The van der Waals surface area contributed by atoms with E-state index in [1.54, 1.807) is 0 Å². The molecule has 0 amide bonds. The zero-order valence-electron chi connectivity index (χ0n) is 8.88. The van der Waals surface area contributed by atoms with Crippen LogP contribution in [0.2, 0.25) is 0 Å². The number of carbonyl (C=O) groups is 1. The zero-order valence-corrected chi connectivity index (χ0v) is 9.64. The molecule has 0 aliphatic heterocycles. The van der Waals surface area contributed by atoms with Crippen molar-refractivity contribution in [3.05, 3.63) is 0 Å². The topological polar surface area (TPSA) is 40.5 Å². The van der Waals surface area contributed by atoms with Crippen LogP contribution in [-0.4, -0.2) is 41.0 Å². The Labute approximate surface area is 85.7 Å². The van der Waals surface area contributed by atoms with Gasteiger partial charge in [-0.2, -0.15) is 0 Å². The fourth-order valence-corrected chi connectivity index (χ4v) is 0.671. The van der Waals surface area contributed by atoms with Crippen molar-refractivity contribution in [2.45, 2.75) is 33.1 Å². The van der Waals surface area contributed by atoms with Crippen molar-refractivity contribution in [1.29, 1.82) is 0 Å². The summed E-state index contributed by atoms with van der Waals surface area (Å²) < 4.78 is 0. The summed E-state index contributed by atoms with van der Waals surface area (Å²) in [4.78, 5) is 11.9. The SMILES string of the molecule is CC(Cl)C(=O)O.CCN(CC)CC. The van der Waals surface area contributed by atoms with Crippen LogP contribution in [-0.2, 0) is 4.79 Å².